The molecule has 1 fully saturated rings. The number of nitriles is 1. The van der Waals surface area contributed by atoms with Gasteiger partial charge in [-0.3, -0.25) is 9.69 Å². The Hall–Kier alpha value is -3.10. The van der Waals surface area contributed by atoms with Crippen LogP contribution in [-0.2, 0) is 0 Å². The Bertz CT molecular complexity index is 1080. The van der Waals surface area contributed by atoms with Crippen LogP contribution in [0.2, 0.25) is 0 Å². The number of Topliss-reactive ketones (excluding diaryl/α,β-unsaturated/α-hetero) is 1. The van der Waals surface area contributed by atoms with Crippen molar-refractivity contribution >= 4 is 16.7 Å². The number of benzene rings is 2. The molecular weight excluding hydrogens is 362 g/mol. The summed E-state index contributed by atoms with van der Waals surface area (Å²) in [5.74, 6) is 0.877. The molecule has 1 aromatic heterocycles. The van der Waals surface area contributed by atoms with Gasteiger partial charge < -0.3 is 9.30 Å². The lowest BCUT2D eigenvalue weighted by Crippen LogP contribution is -2.34. The first-order valence-corrected chi connectivity index (χ1v) is 10.1. The average Bonchev–Trinajstić information content (AvgIpc) is 3.06. The van der Waals surface area contributed by atoms with Gasteiger partial charge in [0.1, 0.15) is 5.75 Å². The zero-order chi connectivity index (χ0) is 20.4. The van der Waals surface area contributed by atoms with Crippen LogP contribution in [-0.4, -0.2) is 42.0 Å². The van der Waals surface area contributed by atoms with Crippen molar-refractivity contribution in [3.63, 3.8) is 0 Å². The third-order valence-corrected chi connectivity index (χ3v) is 5.76. The summed E-state index contributed by atoms with van der Waals surface area (Å²) in [5, 5.41) is 10.0. The first-order valence-electron chi connectivity index (χ1n) is 10.1. The van der Waals surface area contributed by atoms with E-state index in [1.807, 2.05) is 37.3 Å². The molecular formula is C24H25N3O2. The molecule has 29 heavy (non-hydrogen) atoms. The minimum Gasteiger partial charge on any atom is -0.495 e. The Morgan fingerprint density at radius 1 is 1.10 bits per heavy atom. The van der Waals surface area contributed by atoms with Gasteiger partial charge in [0.15, 0.2) is 5.78 Å². The van der Waals surface area contributed by atoms with Crippen LogP contribution in [0.3, 0.4) is 0 Å². The number of methoxy groups -OCH3 is 1. The fraction of sp³-hybridized carbons (Fsp3) is 0.333. The molecule has 5 nitrogen and oxygen atoms in total. The van der Waals surface area contributed by atoms with Gasteiger partial charge in [-0.1, -0.05) is 18.6 Å². The topological polar surface area (TPSA) is 58.3 Å². The van der Waals surface area contributed by atoms with Crippen molar-refractivity contribution in [3.05, 3.63) is 59.3 Å². The summed E-state index contributed by atoms with van der Waals surface area (Å²) in [6, 6.07) is 15.4. The molecule has 0 N–H and O–H groups in total. The van der Waals surface area contributed by atoms with E-state index in [9.17, 15) is 4.79 Å². The number of nitrogens with zero attached hydrogens (tertiary/aromatic N) is 3. The second-order valence-electron chi connectivity index (χ2n) is 7.57. The van der Waals surface area contributed by atoms with E-state index in [0.717, 1.165) is 59.5 Å². The molecule has 0 unspecified atom stereocenters. The fourth-order valence-electron chi connectivity index (χ4n) is 4.35. The number of para-hydroxylation sites is 1. The van der Waals surface area contributed by atoms with Crippen LogP contribution >= 0.6 is 0 Å². The maximum atomic E-state index is 13.4. The summed E-state index contributed by atoms with van der Waals surface area (Å²) < 4.78 is 7.71. The lowest BCUT2D eigenvalue weighted by Gasteiger charge is -2.25. The number of aromatic nitrogens is 1. The molecule has 1 aliphatic heterocycles. The van der Waals surface area contributed by atoms with Gasteiger partial charge in [0.25, 0.3) is 0 Å². The molecule has 0 atom stereocenters. The number of ether oxygens (including phenoxy) is 1. The Balaban J connectivity index is 1.85. The van der Waals surface area contributed by atoms with E-state index in [-0.39, 0.29) is 5.78 Å². The molecule has 5 heteroatoms. The Morgan fingerprint density at radius 3 is 2.48 bits per heavy atom. The molecule has 2 heterocycles. The molecule has 4 rings (SSSR count). The van der Waals surface area contributed by atoms with Crippen molar-refractivity contribution in [2.75, 3.05) is 26.7 Å². The molecule has 1 saturated heterocycles. The van der Waals surface area contributed by atoms with E-state index in [1.54, 1.807) is 19.2 Å². The van der Waals surface area contributed by atoms with Crippen LogP contribution in [0.15, 0.2) is 42.5 Å². The molecule has 0 amide bonds. The molecule has 0 aliphatic carbocycles. The highest BCUT2D eigenvalue weighted by Gasteiger charge is 2.24. The highest BCUT2D eigenvalue weighted by molar-refractivity contribution is 6.12. The maximum Gasteiger partial charge on any atom is 0.179 e. The zero-order valence-corrected chi connectivity index (χ0v) is 16.9. The predicted molar refractivity (Wildman–Crippen MR) is 114 cm³/mol. The van der Waals surface area contributed by atoms with Crippen LogP contribution in [0, 0.1) is 18.3 Å². The van der Waals surface area contributed by atoms with Gasteiger partial charge in [-0.2, -0.15) is 5.26 Å². The van der Waals surface area contributed by atoms with Crippen molar-refractivity contribution in [1.82, 2.24) is 9.47 Å². The third-order valence-electron chi connectivity index (χ3n) is 5.76. The Morgan fingerprint density at radius 2 is 1.83 bits per heavy atom. The molecule has 0 spiro atoms. The average molecular weight is 387 g/mol. The van der Waals surface area contributed by atoms with Crippen molar-refractivity contribution in [2.45, 2.75) is 26.2 Å². The third kappa shape index (κ3) is 3.52. The van der Waals surface area contributed by atoms with Crippen molar-refractivity contribution in [3.8, 4) is 17.5 Å². The largest absolute Gasteiger partial charge is 0.495 e. The van der Waals surface area contributed by atoms with E-state index in [4.69, 9.17) is 10.00 Å². The number of ketones is 1. The van der Waals surface area contributed by atoms with Gasteiger partial charge in [0.05, 0.1) is 30.8 Å². The van der Waals surface area contributed by atoms with Crippen molar-refractivity contribution < 1.29 is 9.53 Å². The van der Waals surface area contributed by atoms with Crippen molar-refractivity contribution in [1.29, 1.82) is 5.26 Å². The zero-order valence-electron chi connectivity index (χ0n) is 16.9. The SMILES string of the molecule is COc1cccc2c(C(=O)CN3CCCCC3)c(C)n(-c3ccc(C#N)cc3)c12. The standard InChI is InChI=1S/C24H25N3O2/c1-17-23(21(28)16-26-13-4-3-5-14-26)20-7-6-8-22(29-2)24(20)27(17)19-11-9-18(15-25)10-12-19/h6-12H,3-5,13-14,16H2,1-2H3. The lowest BCUT2D eigenvalue weighted by molar-refractivity contribution is 0.0916. The lowest BCUT2D eigenvalue weighted by atomic mass is 10.0. The molecule has 0 radical (unpaired) electrons. The minimum atomic E-state index is 0.148. The maximum absolute atomic E-state index is 13.4. The summed E-state index contributed by atoms with van der Waals surface area (Å²) in [7, 11) is 1.65. The fourth-order valence-corrected chi connectivity index (χ4v) is 4.35. The summed E-state index contributed by atoms with van der Waals surface area (Å²) in [6.07, 6.45) is 3.57. The highest BCUT2D eigenvalue weighted by Crippen LogP contribution is 2.35. The highest BCUT2D eigenvalue weighted by atomic mass is 16.5. The molecule has 148 valence electrons. The van der Waals surface area contributed by atoms with E-state index in [1.165, 1.54) is 6.42 Å². The van der Waals surface area contributed by atoms with E-state index in [0.29, 0.717) is 12.1 Å². The number of hydrogen-bond donors (Lipinski definition) is 0. The number of fused-ring (bicyclic) bond motifs is 1. The molecule has 1 aliphatic rings. The smallest absolute Gasteiger partial charge is 0.179 e. The van der Waals surface area contributed by atoms with Crippen LogP contribution in [0.1, 0.15) is 40.9 Å². The van der Waals surface area contributed by atoms with Crippen molar-refractivity contribution in [2.24, 2.45) is 0 Å². The molecule has 2 aromatic carbocycles. The van der Waals surface area contributed by atoms with Crippen LogP contribution in [0.4, 0.5) is 0 Å². The second-order valence-corrected chi connectivity index (χ2v) is 7.57. The van der Waals surface area contributed by atoms with E-state index >= 15 is 0 Å². The van der Waals surface area contributed by atoms with Gasteiger partial charge in [-0.25, -0.2) is 0 Å². The second kappa shape index (κ2) is 8.10. The number of rotatable bonds is 5. The monoisotopic (exact) mass is 387 g/mol. The van der Waals surface area contributed by atoms with Gasteiger partial charge >= 0.3 is 0 Å². The first-order chi connectivity index (χ1) is 14.1. The minimum absolute atomic E-state index is 0.148. The van der Waals surface area contributed by atoms with Gasteiger partial charge in [0, 0.05) is 22.3 Å². The summed E-state index contributed by atoms with van der Waals surface area (Å²) >= 11 is 0. The number of likely N-dealkylation sites (tertiary alicyclic amines) is 1. The normalized spacial score (nSPS) is 14.7. The van der Waals surface area contributed by atoms with Gasteiger partial charge in [0.2, 0.25) is 0 Å². The molecule has 0 saturated carbocycles. The molecule has 0 bridgehead atoms. The Labute approximate surface area is 171 Å². The summed E-state index contributed by atoms with van der Waals surface area (Å²) in [5.41, 5.74) is 4.06. The summed E-state index contributed by atoms with van der Waals surface area (Å²) in [6.45, 7) is 4.41. The van der Waals surface area contributed by atoms with Gasteiger partial charge in [-0.05, 0) is 63.2 Å². The van der Waals surface area contributed by atoms with Crippen LogP contribution in [0.5, 0.6) is 5.75 Å². The van der Waals surface area contributed by atoms with E-state index < -0.39 is 0 Å². The summed E-state index contributed by atoms with van der Waals surface area (Å²) in [4.78, 5) is 15.6. The number of carbonyl (C=O) groups is 1. The predicted octanol–water partition coefficient (Wildman–Crippen LogP) is 4.49. The van der Waals surface area contributed by atoms with Gasteiger partial charge in [-0.15, -0.1) is 0 Å². The number of carbonyl (C=O) groups excluding carboxylic acids is 1. The van der Waals surface area contributed by atoms with Crippen LogP contribution < -0.4 is 4.74 Å². The Kier molecular flexibility index (Phi) is 5.37. The molecule has 3 aromatic rings. The number of hydrogen-bond acceptors (Lipinski definition) is 4. The number of piperidine rings is 1. The first kappa shape index (κ1) is 19.2. The van der Waals surface area contributed by atoms with Crippen LogP contribution in [0.25, 0.3) is 16.6 Å². The van der Waals surface area contributed by atoms with E-state index in [2.05, 4.69) is 15.5 Å². The quantitative estimate of drug-likeness (QED) is 0.606.